The van der Waals surface area contributed by atoms with E-state index in [1.54, 1.807) is 0 Å². The van der Waals surface area contributed by atoms with E-state index in [1.165, 1.54) is 11.3 Å². The highest BCUT2D eigenvalue weighted by atomic mass is 79.9. The average molecular weight is 355 g/mol. The van der Waals surface area contributed by atoms with Crippen LogP contribution in [-0.2, 0) is 11.3 Å². The molecule has 21 heavy (non-hydrogen) atoms. The van der Waals surface area contributed by atoms with Gasteiger partial charge < -0.3 is 15.0 Å². The maximum absolute atomic E-state index is 5.72. The van der Waals surface area contributed by atoms with E-state index in [1.807, 2.05) is 0 Å². The Morgan fingerprint density at radius 2 is 2.19 bits per heavy atom. The fourth-order valence-electron chi connectivity index (χ4n) is 2.92. The number of halogens is 1. The van der Waals surface area contributed by atoms with Crippen LogP contribution in [0.25, 0.3) is 0 Å². The van der Waals surface area contributed by atoms with E-state index in [0.29, 0.717) is 18.1 Å². The van der Waals surface area contributed by atoms with Crippen molar-refractivity contribution in [1.29, 1.82) is 0 Å². The molecule has 4 heteroatoms. The predicted molar refractivity (Wildman–Crippen MR) is 92.9 cm³/mol. The second-order valence-electron chi connectivity index (χ2n) is 6.34. The summed E-state index contributed by atoms with van der Waals surface area (Å²) in [5, 5.41) is 3.54. The summed E-state index contributed by atoms with van der Waals surface area (Å²) in [5.41, 5.74) is 2.64. The molecule has 0 bridgehead atoms. The fraction of sp³-hybridized carbons (Fsp3) is 0.647. The molecule has 1 heterocycles. The third-order valence-electron chi connectivity index (χ3n) is 4.13. The lowest BCUT2D eigenvalue weighted by atomic mass is 10.1. The monoisotopic (exact) mass is 354 g/mol. The molecule has 1 N–H and O–H groups in total. The minimum absolute atomic E-state index is 0.297. The molecule has 1 aliphatic heterocycles. The summed E-state index contributed by atoms with van der Waals surface area (Å²) in [6.07, 6.45) is 1.40. The van der Waals surface area contributed by atoms with Gasteiger partial charge in [0.1, 0.15) is 0 Å². The van der Waals surface area contributed by atoms with Crippen molar-refractivity contribution >= 4 is 21.6 Å². The van der Waals surface area contributed by atoms with Crippen LogP contribution >= 0.6 is 15.9 Å². The molecule has 1 fully saturated rings. The summed E-state index contributed by atoms with van der Waals surface area (Å²) in [5.74, 6) is 0.671. The Hall–Kier alpha value is -0.580. The fourth-order valence-corrected chi connectivity index (χ4v) is 3.27. The smallest absolute Gasteiger partial charge is 0.0750 e. The number of likely N-dealkylation sites (N-methyl/N-ethyl adjacent to an activating group) is 1. The van der Waals surface area contributed by atoms with Crippen molar-refractivity contribution in [3.8, 4) is 0 Å². The Balaban J connectivity index is 2.14. The van der Waals surface area contributed by atoms with Crippen LogP contribution in [0, 0.1) is 5.92 Å². The summed E-state index contributed by atoms with van der Waals surface area (Å²) >= 11 is 3.60. The standard InChI is InChI=1S/C17H27BrN2O/c1-12(2)10-19-11-14-5-6-15(18)9-17(14)20(4)16-7-8-21-13(16)3/h5-6,9,12-13,16,19H,7-8,10-11H2,1-4H3. The molecule has 118 valence electrons. The summed E-state index contributed by atoms with van der Waals surface area (Å²) in [6, 6.07) is 7.02. The van der Waals surface area contributed by atoms with Crippen molar-refractivity contribution < 1.29 is 4.74 Å². The van der Waals surface area contributed by atoms with Crippen molar-refractivity contribution in [2.75, 3.05) is 25.1 Å². The molecule has 1 saturated heterocycles. The first kappa shape index (κ1) is 16.8. The number of hydrogen-bond acceptors (Lipinski definition) is 3. The lowest BCUT2D eigenvalue weighted by Crippen LogP contribution is -2.37. The van der Waals surface area contributed by atoms with E-state index < -0.39 is 0 Å². The topological polar surface area (TPSA) is 24.5 Å². The van der Waals surface area contributed by atoms with Crippen LogP contribution in [0.3, 0.4) is 0 Å². The van der Waals surface area contributed by atoms with Gasteiger partial charge in [0.15, 0.2) is 0 Å². The molecule has 3 nitrogen and oxygen atoms in total. The number of ether oxygens (including phenoxy) is 1. The Labute approximate surface area is 137 Å². The molecular formula is C17H27BrN2O. The number of hydrogen-bond donors (Lipinski definition) is 1. The van der Waals surface area contributed by atoms with Crippen LogP contribution in [0.2, 0.25) is 0 Å². The van der Waals surface area contributed by atoms with Gasteiger partial charge in [-0.15, -0.1) is 0 Å². The van der Waals surface area contributed by atoms with E-state index in [-0.39, 0.29) is 0 Å². The molecule has 0 spiro atoms. The third kappa shape index (κ3) is 4.44. The zero-order valence-corrected chi connectivity index (χ0v) is 15.1. The van der Waals surface area contributed by atoms with Crippen molar-refractivity contribution in [2.24, 2.45) is 5.92 Å². The molecule has 0 saturated carbocycles. The lowest BCUT2D eigenvalue weighted by molar-refractivity contribution is 0.118. The Kier molecular flexibility index (Phi) is 6.08. The third-order valence-corrected chi connectivity index (χ3v) is 4.62. The normalized spacial score (nSPS) is 22.0. The van der Waals surface area contributed by atoms with E-state index in [2.05, 4.69) is 72.2 Å². The highest BCUT2D eigenvalue weighted by molar-refractivity contribution is 9.10. The summed E-state index contributed by atoms with van der Waals surface area (Å²) in [6.45, 7) is 9.46. The molecule has 0 radical (unpaired) electrons. The number of rotatable bonds is 6. The van der Waals surface area contributed by atoms with Crippen molar-refractivity contribution in [2.45, 2.75) is 45.9 Å². The summed E-state index contributed by atoms with van der Waals surface area (Å²) in [7, 11) is 2.18. The summed E-state index contributed by atoms with van der Waals surface area (Å²) < 4.78 is 6.85. The van der Waals surface area contributed by atoms with E-state index in [4.69, 9.17) is 4.74 Å². The van der Waals surface area contributed by atoms with Crippen LogP contribution < -0.4 is 10.2 Å². The van der Waals surface area contributed by atoms with Gasteiger partial charge in [-0.05, 0) is 43.5 Å². The highest BCUT2D eigenvalue weighted by Gasteiger charge is 2.29. The van der Waals surface area contributed by atoms with E-state index in [9.17, 15) is 0 Å². The van der Waals surface area contributed by atoms with Crippen LogP contribution in [-0.4, -0.2) is 32.3 Å². The second kappa shape index (κ2) is 7.61. The lowest BCUT2D eigenvalue weighted by Gasteiger charge is -2.31. The summed E-state index contributed by atoms with van der Waals surface area (Å²) in [4.78, 5) is 2.38. The van der Waals surface area contributed by atoms with Gasteiger partial charge >= 0.3 is 0 Å². The van der Waals surface area contributed by atoms with Gasteiger partial charge in [-0.3, -0.25) is 0 Å². The highest BCUT2D eigenvalue weighted by Crippen LogP contribution is 2.29. The maximum Gasteiger partial charge on any atom is 0.0750 e. The molecule has 0 aliphatic carbocycles. The quantitative estimate of drug-likeness (QED) is 0.840. The molecule has 1 aromatic carbocycles. The predicted octanol–water partition coefficient (Wildman–Crippen LogP) is 3.81. The molecule has 0 amide bonds. The zero-order chi connectivity index (χ0) is 15.4. The zero-order valence-electron chi connectivity index (χ0n) is 13.5. The van der Waals surface area contributed by atoms with Gasteiger partial charge in [0.25, 0.3) is 0 Å². The Morgan fingerprint density at radius 3 is 2.81 bits per heavy atom. The number of anilines is 1. The van der Waals surface area contributed by atoms with Gasteiger partial charge in [-0.25, -0.2) is 0 Å². The van der Waals surface area contributed by atoms with Crippen molar-refractivity contribution in [1.82, 2.24) is 5.32 Å². The molecule has 2 unspecified atom stereocenters. The largest absolute Gasteiger partial charge is 0.376 e. The first-order chi connectivity index (χ1) is 9.99. The van der Waals surface area contributed by atoms with Crippen LogP contribution in [0.5, 0.6) is 0 Å². The first-order valence-corrected chi connectivity index (χ1v) is 8.62. The van der Waals surface area contributed by atoms with E-state index in [0.717, 1.165) is 30.6 Å². The minimum Gasteiger partial charge on any atom is -0.376 e. The number of nitrogens with zero attached hydrogens (tertiary/aromatic N) is 1. The average Bonchev–Trinajstić information content (AvgIpc) is 2.85. The number of benzene rings is 1. The van der Waals surface area contributed by atoms with Gasteiger partial charge in [0.05, 0.1) is 12.1 Å². The maximum atomic E-state index is 5.72. The van der Waals surface area contributed by atoms with Crippen molar-refractivity contribution in [3.05, 3.63) is 28.2 Å². The molecule has 2 atom stereocenters. The number of nitrogens with one attached hydrogen (secondary N) is 1. The van der Waals surface area contributed by atoms with Crippen LogP contribution in [0.4, 0.5) is 5.69 Å². The van der Waals surface area contributed by atoms with Gasteiger partial charge in [0.2, 0.25) is 0 Å². The molecule has 1 aromatic rings. The molecule has 0 aromatic heterocycles. The minimum atomic E-state index is 0.297. The Morgan fingerprint density at radius 1 is 1.43 bits per heavy atom. The SMILES string of the molecule is CC(C)CNCc1ccc(Br)cc1N(C)C1CCOC1C. The second-order valence-corrected chi connectivity index (χ2v) is 7.26. The van der Waals surface area contributed by atoms with Crippen molar-refractivity contribution in [3.63, 3.8) is 0 Å². The van der Waals surface area contributed by atoms with Gasteiger partial charge in [0, 0.05) is 30.4 Å². The molecule has 2 rings (SSSR count). The van der Waals surface area contributed by atoms with Gasteiger partial charge in [-0.1, -0.05) is 35.8 Å². The first-order valence-electron chi connectivity index (χ1n) is 7.82. The van der Waals surface area contributed by atoms with Crippen LogP contribution in [0.1, 0.15) is 32.8 Å². The van der Waals surface area contributed by atoms with Gasteiger partial charge in [-0.2, -0.15) is 0 Å². The van der Waals surface area contributed by atoms with E-state index >= 15 is 0 Å². The molecule has 1 aliphatic rings. The van der Waals surface area contributed by atoms with Crippen LogP contribution in [0.15, 0.2) is 22.7 Å². The molecular weight excluding hydrogens is 328 g/mol. The Bertz CT molecular complexity index is 464.